The Bertz CT molecular complexity index is 401. The molecule has 94 valence electrons. The Labute approximate surface area is 95.6 Å². The van der Waals surface area contributed by atoms with Gasteiger partial charge in [-0.15, -0.1) is 13.2 Å². The third-order valence-corrected chi connectivity index (χ3v) is 2.42. The highest BCUT2D eigenvalue weighted by Crippen LogP contribution is 2.25. The summed E-state index contributed by atoms with van der Waals surface area (Å²) < 4.78 is 52.7. The van der Waals surface area contributed by atoms with Crippen LogP contribution in [0.1, 0.15) is 18.4 Å². The first-order chi connectivity index (χ1) is 7.94. The highest BCUT2D eigenvalue weighted by molar-refractivity contribution is 5.29. The van der Waals surface area contributed by atoms with E-state index in [0.29, 0.717) is 18.2 Å². The number of benzene rings is 1. The minimum absolute atomic E-state index is 0.322. The first-order valence-electron chi connectivity index (χ1n) is 5.21. The van der Waals surface area contributed by atoms with Crippen molar-refractivity contribution in [2.24, 2.45) is 0 Å². The minimum Gasteiger partial charge on any atom is -0.406 e. The van der Waals surface area contributed by atoms with Crippen LogP contribution in [0.15, 0.2) is 18.2 Å². The van der Waals surface area contributed by atoms with Gasteiger partial charge in [0.15, 0.2) is 0 Å². The van der Waals surface area contributed by atoms with Gasteiger partial charge in [0, 0.05) is 24.2 Å². The van der Waals surface area contributed by atoms with E-state index < -0.39 is 17.9 Å². The minimum atomic E-state index is -4.79. The number of halogens is 4. The van der Waals surface area contributed by atoms with Gasteiger partial charge in [-0.2, -0.15) is 0 Å². The van der Waals surface area contributed by atoms with E-state index in [0.717, 1.165) is 25.0 Å². The van der Waals surface area contributed by atoms with E-state index in [4.69, 9.17) is 0 Å². The van der Waals surface area contributed by atoms with E-state index in [9.17, 15) is 17.6 Å². The molecule has 0 aromatic heterocycles. The van der Waals surface area contributed by atoms with E-state index in [-0.39, 0.29) is 0 Å². The molecule has 0 heterocycles. The van der Waals surface area contributed by atoms with Gasteiger partial charge in [0.1, 0.15) is 11.6 Å². The van der Waals surface area contributed by atoms with Crippen molar-refractivity contribution in [1.82, 2.24) is 5.32 Å². The molecule has 0 saturated heterocycles. The molecule has 0 amide bonds. The van der Waals surface area contributed by atoms with E-state index in [1.54, 1.807) is 0 Å². The third kappa shape index (κ3) is 3.89. The second-order valence-electron chi connectivity index (χ2n) is 3.96. The predicted molar refractivity (Wildman–Crippen MR) is 52.9 cm³/mol. The van der Waals surface area contributed by atoms with E-state index in [2.05, 4.69) is 10.1 Å². The van der Waals surface area contributed by atoms with Crippen molar-refractivity contribution in [2.45, 2.75) is 31.8 Å². The van der Waals surface area contributed by atoms with Gasteiger partial charge in [0.05, 0.1) is 0 Å². The fraction of sp³-hybridized carbons (Fsp3) is 0.455. The van der Waals surface area contributed by atoms with Gasteiger partial charge in [-0.1, -0.05) is 6.07 Å². The van der Waals surface area contributed by atoms with Crippen molar-refractivity contribution in [3.8, 4) is 5.75 Å². The first kappa shape index (κ1) is 12.2. The van der Waals surface area contributed by atoms with Crippen LogP contribution in [0.3, 0.4) is 0 Å². The average Bonchev–Trinajstić information content (AvgIpc) is 2.97. The first-order valence-corrected chi connectivity index (χ1v) is 5.21. The molecule has 1 aromatic carbocycles. The molecule has 0 spiro atoms. The molecule has 6 heteroatoms. The molecule has 1 fully saturated rings. The van der Waals surface area contributed by atoms with Gasteiger partial charge < -0.3 is 10.1 Å². The number of hydrogen-bond donors (Lipinski definition) is 1. The van der Waals surface area contributed by atoms with Crippen LogP contribution in [0.5, 0.6) is 5.75 Å². The summed E-state index contributed by atoms with van der Waals surface area (Å²) in [7, 11) is 0. The van der Waals surface area contributed by atoms with Crippen molar-refractivity contribution in [1.29, 1.82) is 0 Å². The normalized spacial score (nSPS) is 16.0. The maximum absolute atomic E-state index is 13.4. The fourth-order valence-electron chi connectivity index (χ4n) is 1.41. The number of nitrogens with one attached hydrogen (secondary N) is 1. The lowest BCUT2D eigenvalue weighted by Crippen LogP contribution is -2.18. The average molecular weight is 249 g/mol. The predicted octanol–water partition coefficient (Wildman–Crippen LogP) is 2.98. The Morgan fingerprint density at radius 3 is 2.53 bits per heavy atom. The molecule has 1 N–H and O–H groups in total. The lowest BCUT2D eigenvalue weighted by Gasteiger charge is -2.10. The molecule has 1 saturated carbocycles. The quantitative estimate of drug-likeness (QED) is 0.828. The third-order valence-electron chi connectivity index (χ3n) is 2.42. The highest BCUT2D eigenvalue weighted by Gasteiger charge is 2.31. The summed E-state index contributed by atoms with van der Waals surface area (Å²) in [5.74, 6) is -1.23. The lowest BCUT2D eigenvalue weighted by molar-refractivity contribution is -0.274. The summed E-state index contributed by atoms with van der Waals surface area (Å²) in [5.41, 5.74) is 0.339. The van der Waals surface area contributed by atoms with Crippen molar-refractivity contribution in [3.05, 3.63) is 29.6 Å². The van der Waals surface area contributed by atoms with Gasteiger partial charge in [-0.3, -0.25) is 0 Å². The van der Waals surface area contributed by atoms with E-state index >= 15 is 0 Å². The number of ether oxygens (including phenoxy) is 1. The standard InChI is InChI=1S/C11H11F4NO/c12-10-5-9(17-11(13,14)15)4-1-7(10)6-16-8-2-3-8/h1,4-5,8,16H,2-3,6H2. The van der Waals surface area contributed by atoms with Crippen molar-refractivity contribution in [2.75, 3.05) is 0 Å². The number of alkyl halides is 3. The maximum Gasteiger partial charge on any atom is 0.573 e. The fourth-order valence-corrected chi connectivity index (χ4v) is 1.41. The zero-order valence-electron chi connectivity index (χ0n) is 8.85. The largest absolute Gasteiger partial charge is 0.573 e. The van der Waals surface area contributed by atoms with Gasteiger partial charge in [-0.05, 0) is 18.9 Å². The molecule has 0 radical (unpaired) electrons. The second-order valence-corrected chi connectivity index (χ2v) is 3.96. The molecule has 1 aromatic rings. The molecule has 0 bridgehead atoms. The van der Waals surface area contributed by atoms with Crippen LogP contribution in [0.25, 0.3) is 0 Å². The van der Waals surface area contributed by atoms with Crippen molar-refractivity contribution in [3.63, 3.8) is 0 Å². The van der Waals surface area contributed by atoms with Crippen LogP contribution in [-0.4, -0.2) is 12.4 Å². The Balaban J connectivity index is 1.99. The van der Waals surface area contributed by atoms with E-state index in [1.165, 1.54) is 6.07 Å². The summed E-state index contributed by atoms with van der Waals surface area (Å²) >= 11 is 0. The molecule has 2 rings (SSSR count). The summed E-state index contributed by atoms with van der Waals surface area (Å²) in [6.45, 7) is 0.322. The molecule has 17 heavy (non-hydrogen) atoms. The van der Waals surface area contributed by atoms with Crippen LogP contribution in [-0.2, 0) is 6.54 Å². The van der Waals surface area contributed by atoms with Crippen molar-refractivity contribution >= 4 is 0 Å². The molecule has 1 aliphatic rings. The van der Waals surface area contributed by atoms with Crippen LogP contribution < -0.4 is 10.1 Å². The Kier molecular flexibility index (Phi) is 3.24. The van der Waals surface area contributed by atoms with Crippen LogP contribution in [0, 0.1) is 5.82 Å². The topological polar surface area (TPSA) is 21.3 Å². The lowest BCUT2D eigenvalue weighted by atomic mass is 10.2. The van der Waals surface area contributed by atoms with Gasteiger partial charge in [-0.25, -0.2) is 4.39 Å². The summed E-state index contributed by atoms with van der Waals surface area (Å²) in [6, 6.07) is 3.57. The Morgan fingerprint density at radius 2 is 2.00 bits per heavy atom. The Morgan fingerprint density at radius 1 is 1.29 bits per heavy atom. The molecule has 0 unspecified atom stereocenters. The SMILES string of the molecule is Fc1cc(OC(F)(F)F)ccc1CNC1CC1. The number of rotatable bonds is 4. The smallest absolute Gasteiger partial charge is 0.406 e. The van der Waals surface area contributed by atoms with Gasteiger partial charge in [0.25, 0.3) is 0 Å². The van der Waals surface area contributed by atoms with Crippen LogP contribution in [0.2, 0.25) is 0 Å². The zero-order valence-corrected chi connectivity index (χ0v) is 8.85. The van der Waals surface area contributed by atoms with Crippen molar-refractivity contribution < 1.29 is 22.3 Å². The number of hydrogen-bond acceptors (Lipinski definition) is 2. The molecule has 1 aliphatic carbocycles. The molecule has 0 aliphatic heterocycles. The van der Waals surface area contributed by atoms with Gasteiger partial charge >= 0.3 is 6.36 Å². The summed E-state index contributed by atoms with van der Waals surface area (Å²) in [6.07, 6.45) is -2.66. The monoisotopic (exact) mass is 249 g/mol. The zero-order chi connectivity index (χ0) is 12.5. The second kappa shape index (κ2) is 4.52. The molecule has 2 nitrogen and oxygen atoms in total. The highest BCUT2D eigenvalue weighted by atomic mass is 19.4. The Hall–Kier alpha value is -1.30. The molecular weight excluding hydrogens is 238 g/mol. The summed E-state index contributed by atoms with van der Waals surface area (Å²) in [4.78, 5) is 0. The van der Waals surface area contributed by atoms with Crippen LogP contribution >= 0.6 is 0 Å². The van der Waals surface area contributed by atoms with Crippen LogP contribution in [0.4, 0.5) is 17.6 Å². The summed E-state index contributed by atoms with van der Waals surface area (Å²) in [5, 5.41) is 3.08. The molecule has 0 atom stereocenters. The molecular formula is C11H11F4NO. The van der Waals surface area contributed by atoms with Gasteiger partial charge in [0.2, 0.25) is 0 Å². The maximum atomic E-state index is 13.4. The van der Waals surface area contributed by atoms with E-state index in [1.807, 2.05) is 0 Å².